The van der Waals surface area contributed by atoms with Gasteiger partial charge >= 0.3 is 0 Å². The number of carbonyl (C=O) groups excluding carboxylic acids is 1. The first-order valence-corrected chi connectivity index (χ1v) is 8.72. The van der Waals surface area contributed by atoms with Crippen molar-refractivity contribution in [1.29, 1.82) is 0 Å². The summed E-state index contributed by atoms with van der Waals surface area (Å²) in [5, 5.41) is 0.911. The first-order chi connectivity index (χ1) is 12.4. The predicted molar refractivity (Wildman–Crippen MR) is 95.3 cm³/mol. The van der Waals surface area contributed by atoms with Crippen molar-refractivity contribution >= 4 is 34.8 Å². The second kappa shape index (κ2) is 7.76. The van der Waals surface area contributed by atoms with Gasteiger partial charge in [0.05, 0.1) is 22.2 Å². The highest BCUT2D eigenvalue weighted by Crippen LogP contribution is 2.32. The molecule has 1 amide bonds. The lowest BCUT2D eigenvalue weighted by molar-refractivity contribution is -0.130. The summed E-state index contributed by atoms with van der Waals surface area (Å²) < 4.78 is 40.0. The molecule has 1 saturated heterocycles. The molecular formula is C18H15Cl2F3N2O. The number of anilines is 1. The number of amides is 1. The van der Waals surface area contributed by atoms with Gasteiger partial charge in [0.25, 0.3) is 0 Å². The van der Waals surface area contributed by atoms with E-state index in [2.05, 4.69) is 0 Å². The van der Waals surface area contributed by atoms with Gasteiger partial charge in [-0.3, -0.25) is 4.79 Å². The largest absolute Gasteiger partial charge is 0.367 e. The highest BCUT2D eigenvalue weighted by Gasteiger charge is 2.24. The molecule has 0 aromatic heterocycles. The molecule has 0 spiro atoms. The Hall–Kier alpha value is -1.92. The average molecular weight is 403 g/mol. The molecule has 0 atom stereocenters. The van der Waals surface area contributed by atoms with Crippen LogP contribution >= 0.6 is 23.2 Å². The number of hydrogen-bond donors (Lipinski definition) is 0. The minimum Gasteiger partial charge on any atom is -0.367 e. The monoisotopic (exact) mass is 402 g/mol. The Labute approximate surface area is 158 Å². The van der Waals surface area contributed by atoms with E-state index >= 15 is 0 Å². The fourth-order valence-electron chi connectivity index (χ4n) is 2.91. The molecule has 1 fully saturated rings. The molecule has 138 valence electrons. The van der Waals surface area contributed by atoms with Gasteiger partial charge in [-0.1, -0.05) is 29.3 Å². The normalized spacial score (nSPS) is 14.7. The summed E-state index contributed by atoms with van der Waals surface area (Å²) in [4.78, 5) is 15.9. The molecule has 0 N–H and O–H groups in total. The summed E-state index contributed by atoms with van der Waals surface area (Å²) in [5.74, 6) is -3.71. The highest BCUT2D eigenvalue weighted by molar-refractivity contribution is 6.43. The van der Waals surface area contributed by atoms with Crippen LogP contribution < -0.4 is 4.90 Å². The van der Waals surface area contributed by atoms with Crippen LogP contribution in [0.2, 0.25) is 10.0 Å². The van der Waals surface area contributed by atoms with E-state index in [9.17, 15) is 18.0 Å². The Morgan fingerprint density at radius 1 is 0.962 bits per heavy atom. The van der Waals surface area contributed by atoms with E-state index in [4.69, 9.17) is 23.2 Å². The van der Waals surface area contributed by atoms with Crippen molar-refractivity contribution in [1.82, 2.24) is 4.90 Å². The van der Waals surface area contributed by atoms with Crippen molar-refractivity contribution in [3.63, 3.8) is 0 Å². The third-order valence-corrected chi connectivity index (χ3v) is 5.14. The molecule has 3 nitrogen and oxygen atoms in total. The van der Waals surface area contributed by atoms with E-state index in [0.717, 1.165) is 11.8 Å². The second-order valence-corrected chi connectivity index (χ2v) is 6.76. The molecule has 0 bridgehead atoms. The lowest BCUT2D eigenvalue weighted by Crippen LogP contribution is -2.49. The van der Waals surface area contributed by atoms with Gasteiger partial charge in [-0.2, -0.15) is 0 Å². The van der Waals surface area contributed by atoms with Crippen LogP contribution in [0.3, 0.4) is 0 Å². The zero-order valence-electron chi connectivity index (χ0n) is 13.6. The van der Waals surface area contributed by atoms with Gasteiger partial charge in [-0.25, -0.2) is 13.2 Å². The molecule has 0 saturated carbocycles. The van der Waals surface area contributed by atoms with Crippen LogP contribution in [0.1, 0.15) is 5.56 Å². The van der Waals surface area contributed by atoms with Crippen molar-refractivity contribution in [3.8, 4) is 0 Å². The van der Waals surface area contributed by atoms with Gasteiger partial charge in [0, 0.05) is 37.8 Å². The third-order valence-electron chi connectivity index (χ3n) is 4.34. The Kier molecular flexibility index (Phi) is 5.63. The van der Waals surface area contributed by atoms with Gasteiger partial charge in [0.1, 0.15) is 5.82 Å². The van der Waals surface area contributed by atoms with Crippen molar-refractivity contribution < 1.29 is 18.0 Å². The summed E-state index contributed by atoms with van der Waals surface area (Å²) in [6.45, 7) is 1.89. The van der Waals surface area contributed by atoms with E-state index in [-0.39, 0.29) is 17.9 Å². The van der Waals surface area contributed by atoms with E-state index in [0.29, 0.717) is 42.3 Å². The number of hydrogen-bond acceptors (Lipinski definition) is 2. The maximum atomic E-state index is 13.7. The molecule has 1 heterocycles. The van der Waals surface area contributed by atoms with Crippen molar-refractivity contribution in [2.45, 2.75) is 6.42 Å². The number of halogens is 5. The van der Waals surface area contributed by atoms with E-state index in [1.54, 1.807) is 17.0 Å². The Balaban J connectivity index is 1.64. The Bertz CT molecular complexity index is 839. The summed E-state index contributed by atoms with van der Waals surface area (Å²) in [6.07, 6.45) is -0.318. The maximum absolute atomic E-state index is 13.7. The van der Waals surface area contributed by atoms with Crippen LogP contribution in [0.4, 0.5) is 18.9 Å². The number of carbonyl (C=O) groups is 1. The topological polar surface area (TPSA) is 23.6 Å². The maximum Gasteiger partial charge on any atom is 0.227 e. The highest BCUT2D eigenvalue weighted by atomic mass is 35.5. The Morgan fingerprint density at radius 2 is 1.62 bits per heavy atom. The fourth-order valence-corrected chi connectivity index (χ4v) is 3.32. The smallest absolute Gasteiger partial charge is 0.227 e. The predicted octanol–water partition coefficient (Wildman–Crippen LogP) is 4.30. The molecule has 0 unspecified atom stereocenters. The van der Waals surface area contributed by atoms with Crippen LogP contribution in [0, 0.1) is 17.5 Å². The van der Waals surface area contributed by atoms with Crippen LogP contribution in [0.15, 0.2) is 30.3 Å². The molecule has 3 rings (SSSR count). The van der Waals surface area contributed by atoms with Crippen LogP contribution in [-0.2, 0) is 11.2 Å². The van der Waals surface area contributed by atoms with E-state index in [1.807, 2.05) is 11.0 Å². The van der Waals surface area contributed by atoms with Gasteiger partial charge in [-0.05, 0) is 18.2 Å². The number of benzene rings is 2. The quantitative estimate of drug-likeness (QED) is 0.714. The lowest BCUT2D eigenvalue weighted by Gasteiger charge is -2.36. The third kappa shape index (κ3) is 3.91. The first kappa shape index (κ1) is 18.9. The standard InChI is InChI=1S/C18H15Cl2F3N2O/c19-12-2-1-3-16(18(12)20)24-4-6-25(7-5-24)17(26)9-11-8-14(22)15(23)10-13(11)21/h1-3,8,10H,4-7,9H2. The van der Waals surface area contributed by atoms with Crippen LogP contribution in [0.5, 0.6) is 0 Å². The number of nitrogens with zero attached hydrogens (tertiary/aromatic N) is 2. The fraction of sp³-hybridized carbons (Fsp3) is 0.278. The number of piperazine rings is 1. The number of rotatable bonds is 3. The molecule has 0 radical (unpaired) electrons. The molecule has 26 heavy (non-hydrogen) atoms. The van der Waals surface area contributed by atoms with Crippen molar-refractivity contribution in [2.75, 3.05) is 31.1 Å². The van der Waals surface area contributed by atoms with Crippen molar-refractivity contribution in [2.24, 2.45) is 0 Å². The first-order valence-electron chi connectivity index (χ1n) is 7.97. The molecular weight excluding hydrogens is 388 g/mol. The van der Waals surface area contributed by atoms with Gasteiger partial charge in [0.15, 0.2) is 11.6 Å². The minimum atomic E-state index is -1.27. The zero-order chi connectivity index (χ0) is 18.8. The molecule has 0 aliphatic carbocycles. The molecule has 1 aliphatic heterocycles. The molecule has 2 aromatic carbocycles. The summed E-state index contributed by atoms with van der Waals surface area (Å²) in [5.41, 5.74) is 0.632. The van der Waals surface area contributed by atoms with Crippen molar-refractivity contribution in [3.05, 3.63) is 63.4 Å². The van der Waals surface area contributed by atoms with Crippen LogP contribution in [0.25, 0.3) is 0 Å². The minimum absolute atomic E-state index is 0.158. The second-order valence-electron chi connectivity index (χ2n) is 5.98. The van der Waals surface area contributed by atoms with E-state index < -0.39 is 17.5 Å². The molecule has 8 heteroatoms. The van der Waals surface area contributed by atoms with Gasteiger partial charge in [0.2, 0.25) is 5.91 Å². The zero-order valence-corrected chi connectivity index (χ0v) is 15.1. The summed E-state index contributed by atoms with van der Waals surface area (Å²) in [7, 11) is 0. The van der Waals surface area contributed by atoms with Gasteiger partial charge in [-0.15, -0.1) is 0 Å². The van der Waals surface area contributed by atoms with Crippen LogP contribution in [-0.4, -0.2) is 37.0 Å². The van der Waals surface area contributed by atoms with Gasteiger partial charge < -0.3 is 9.80 Å². The molecule has 2 aromatic rings. The molecule has 1 aliphatic rings. The lowest BCUT2D eigenvalue weighted by atomic mass is 10.1. The summed E-state index contributed by atoms with van der Waals surface area (Å²) >= 11 is 12.2. The summed E-state index contributed by atoms with van der Waals surface area (Å²) in [6, 6.07) is 6.53. The Morgan fingerprint density at radius 3 is 2.31 bits per heavy atom. The average Bonchev–Trinajstić information content (AvgIpc) is 2.62. The van der Waals surface area contributed by atoms with E-state index in [1.165, 1.54) is 0 Å². The SMILES string of the molecule is O=C(Cc1cc(F)c(F)cc1F)N1CCN(c2cccc(Cl)c2Cl)CC1.